The lowest BCUT2D eigenvalue weighted by Gasteiger charge is -2.26. The van der Waals surface area contributed by atoms with E-state index in [2.05, 4.69) is 50.1 Å². The van der Waals surface area contributed by atoms with Gasteiger partial charge in [0, 0.05) is 23.7 Å². The van der Waals surface area contributed by atoms with Crippen LogP contribution < -0.4 is 5.32 Å². The zero-order valence-electron chi connectivity index (χ0n) is 22.0. The molecule has 198 valence electrons. The van der Waals surface area contributed by atoms with Gasteiger partial charge in [0.1, 0.15) is 5.82 Å². The Hall–Kier alpha value is -4.43. The highest BCUT2D eigenvalue weighted by molar-refractivity contribution is 6.11. The fourth-order valence-electron chi connectivity index (χ4n) is 4.86. The number of hydrogen-bond acceptors (Lipinski definition) is 5. The maximum atomic E-state index is 13.2. The van der Waals surface area contributed by atoms with Crippen molar-refractivity contribution in [1.29, 1.82) is 0 Å². The SMILES string of the molecule is C=N/C=C(\C=C(/C)c1ccc2[nH]nc(C(=O)Nc3ccc(-c4ccc(F)cc4)nc3)c2c1)CN1CCCCC1. The number of piperidine rings is 1. The molecule has 1 saturated heterocycles. The molecule has 7 nitrogen and oxygen atoms in total. The largest absolute Gasteiger partial charge is 0.319 e. The average molecular weight is 523 g/mol. The molecule has 0 bridgehead atoms. The number of amides is 1. The van der Waals surface area contributed by atoms with Gasteiger partial charge in [-0.25, -0.2) is 4.39 Å². The van der Waals surface area contributed by atoms with Gasteiger partial charge in [-0.3, -0.25) is 24.8 Å². The molecule has 2 aromatic heterocycles. The number of nitrogens with zero attached hydrogens (tertiary/aromatic N) is 4. The van der Waals surface area contributed by atoms with Crippen molar-refractivity contribution >= 4 is 34.8 Å². The number of nitrogens with one attached hydrogen (secondary N) is 2. The summed E-state index contributed by atoms with van der Waals surface area (Å²) in [6, 6.07) is 15.6. The molecule has 4 aromatic rings. The van der Waals surface area contributed by atoms with E-state index < -0.39 is 0 Å². The lowest BCUT2D eigenvalue weighted by Crippen LogP contribution is -2.31. The van der Waals surface area contributed by atoms with Crippen molar-refractivity contribution < 1.29 is 9.18 Å². The van der Waals surface area contributed by atoms with Crippen LogP contribution in [0.3, 0.4) is 0 Å². The Morgan fingerprint density at radius 3 is 2.64 bits per heavy atom. The Bertz CT molecular complexity index is 1530. The number of fused-ring (bicyclic) bond motifs is 1. The molecule has 39 heavy (non-hydrogen) atoms. The van der Waals surface area contributed by atoms with Gasteiger partial charge in [-0.15, -0.1) is 0 Å². The molecule has 1 fully saturated rings. The number of likely N-dealkylation sites (tertiary alicyclic amines) is 1. The van der Waals surface area contributed by atoms with Gasteiger partial charge in [0.15, 0.2) is 5.69 Å². The van der Waals surface area contributed by atoms with Crippen LogP contribution in [0.4, 0.5) is 10.1 Å². The van der Waals surface area contributed by atoms with Crippen LogP contribution in [0.25, 0.3) is 27.7 Å². The van der Waals surface area contributed by atoms with E-state index in [9.17, 15) is 9.18 Å². The van der Waals surface area contributed by atoms with Crippen molar-refractivity contribution in [1.82, 2.24) is 20.1 Å². The van der Waals surface area contributed by atoms with Crippen LogP contribution in [0.2, 0.25) is 0 Å². The summed E-state index contributed by atoms with van der Waals surface area (Å²) in [7, 11) is 0. The van der Waals surface area contributed by atoms with Gasteiger partial charge >= 0.3 is 0 Å². The molecule has 3 heterocycles. The molecule has 0 saturated carbocycles. The number of halogens is 1. The van der Waals surface area contributed by atoms with Crippen LogP contribution in [0, 0.1) is 5.82 Å². The Morgan fingerprint density at radius 1 is 1.13 bits per heavy atom. The van der Waals surface area contributed by atoms with Gasteiger partial charge in [-0.2, -0.15) is 5.10 Å². The van der Waals surface area contributed by atoms with E-state index in [1.54, 1.807) is 30.5 Å². The normalized spacial score (nSPS) is 14.9. The summed E-state index contributed by atoms with van der Waals surface area (Å²) in [6.07, 6.45) is 9.29. The molecule has 1 aliphatic heterocycles. The first-order valence-electron chi connectivity index (χ1n) is 13.1. The molecule has 0 atom stereocenters. The molecule has 2 aromatic carbocycles. The summed E-state index contributed by atoms with van der Waals surface area (Å²) in [4.78, 5) is 24.0. The Morgan fingerprint density at radius 2 is 1.92 bits per heavy atom. The number of rotatable bonds is 8. The number of allylic oxidation sites excluding steroid dienone is 1. The highest BCUT2D eigenvalue weighted by atomic mass is 19.1. The van der Waals surface area contributed by atoms with Crippen LogP contribution >= 0.6 is 0 Å². The smallest absolute Gasteiger partial charge is 0.276 e. The van der Waals surface area contributed by atoms with Crippen molar-refractivity contribution in [2.45, 2.75) is 26.2 Å². The Labute approximate surface area is 227 Å². The summed E-state index contributed by atoms with van der Waals surface area (Å²) in [5.74, 6) is -0.635. The maximum absolute atomic E-state index is 13.2. The first kappa shape index (κ1) is 26.2. The first-order chi connectivity index (χ1) is 19.0. The van der Waals surface area contributed by atoms with Gasteiger partial charge in [0.2, 0.25) is 0 Å². The molecule has 2 N–H and O–H groups in total. The minimum absolute atomic E-state index is 0.300. The standard InChI is InChI=1S/C31H31FN6O/c1-21(16-22(18-33-2)20-38-14-4-3-5-15-38)24-8-12-29-27(17-24)30(37-36-29)31(39)35-26-11-13-28(34-19-26)23-6-9-25(32)10-7-23/h6-13,16-19H,2-5,14-15,20H2,1H3,(H,35,39)(H,36,37)/b21-16+,22-18+. The molecule has 0 spiro atoms. The van der Waals surface area contributed by atoms with Crippen LogP contribution in [-0.4, -0.2) is 52.3 Å². The monoisotopic (exact) mass is 522 g/mol. The van der Waals surface area contributed by atoms with Crippen LogP contribution in [0.5, 0.6) is 0 Å². The van der Waals surface area contributed by atoms with Gasteiger partial charge < -0.3 is 5.32 Å². The van der Waals surface area contributed by atoms with Crippen molar-refractivity contribution in [2.75, 3.05) is 25.0 Å². The summed E-state index contributed by atoms with van der Waals surface area (Å²) in [6.45, 7) is 8.75. The summed E-state index contributed by atoms with van der Waals surface area (Å²) in [5.41, 5.74) is 6.27. The number of aromatic amines is 1. The lowest BCUT2D eigenvalue weighted by molar-refractivity contribution is 0.102. The Kier molecular flexibility index (Phi) is 8.03. The average Bonchev–Trinajstić information content (AvgIpc) is 3.38. The number of pyridine rings is 1. The first-order valence-corrected chi connectivity index (χ1v) is 13.1. The van der Waals surface area contributed by atoms with Gasteiger partial charge in [0.25, 0.3) is 5.91 Å². The highest BCUT2D eigenvalue weighted by Crippen LogP contribution is 2.25. The number of aromatic nitrogens is 3. The van der Waals surface area contributed by atoms with E-state index in [0.717, 1.165) is 52.8 Å². The maximum Gasteiger partial charge on any atom is 0.276 e. The number of aliphatic imine (C=N–C) groups is 1. The highest BCUT2D eigenvalue weighted by Gasteiger charge is 2.16. The topological polar surface area (TPSA) is 86.3 Å². The molecule has 1 aliphatic rings. The van der Waals surface area contributed by atoms with E-state index in [0.29, 0.717) is 17.1 Å². The zero-order valence-corrected chi connectivity index (χ0v) is 22.0. The minimum atomic E-state index is -0.335. The molecular formula is C31H31FN6O. The predicted molar refractivity (Wildman–Crippen MR) is 155 cm³/mol. The summed E-state index contributed by atoms with van der Waals surface area (Å²) < 4.78 is 13.2. The van der Waals surface area contributed by atoms with E-state index >= 15 is 0 Å². The fourth-order valence-corrected chi connectivity index (χ4v) is 4.86. The van der Waals surface area contributed by atoms with Crippen LogP contribution in [0.15, 0.2) is 83.6 Å². The number of anilines is 1. The van der Waals surface area contributed by atoms with Gasteiger partial charge in [0.05, 0.1) is 23.1 Å². The number of H-pyrrole nitrogens is 1. The molecule has 5 rings (SSSR count). The second-order valence-electron chi connectivity index (χ2n) is 9.78. The van der Waals surface area contributed by atoms with E-state index in [-0.39, 0.29) is 11.7 Å². The lowest BCUT2D eigenvalue weighted by atomic mass is 10.0. The fraction of sp³-hybridized carbons (Fsp3) is 0.226. The Balaban J connectivity index is 1.33. The molecule has 0 unspecified atom stereocenters. The van der Waals surface area contributed by atoms with Crippen LogP contribution in [0.1, 0.15) is 42.2 Å². The van der Waals surface area contributed by atoms with E-state index in [1.807, 2.05) is 24.4 Å². The van der Waals surface area contributed by atoms with Crippen molar-refractivity contribution in [3.8, 4) is 11.3 Å². The molecule has 8 heteroatoms. The van der Waals surface area contributed by atoms with Gasteiger partial charge in [-0.1, -0.05) is 18.6 Å². The second kappa shape index (κ2) is 12.0. The third kappa shape index (κ3) is 6.35. The number of benzene rings is 2. The third-order valence-electron chi connectivity index (χ3n) is 6.91. The minimum Gasteiger partial charge on any atom is -0.319 e. The number of carbonyl (C=O) groups excluding carboxylic acids is 1. The predicted octanol–water partition coefficient (Wildman–Crippen LogP) is 6.49. The third-order valence-corrected chi connectivity index (χ3v) is 6.91. The molecular weight excluding hydrogens is 491 g/mol. The van der Waals surface area contributed by atoms with Gasteiger partial charge in [-0.05, 0) is 105 Å². The molecule has 1 amide bonds. The van der Waals surface area contributed by atoms with Crippen molar-refractivity contribution in [3.63, 3.8) is 0 Å². The number of carbonyl (C=O) groups is 1. The van der Waals surface area contributed by atoms with E-state index in [4.69, 9.17) is 0 Å². The zero-order chi connectivity index (χ0) is 27.2. The summed E-state index contributed by atoms with van der Waals surface area (Å²) in [5, 5.41) is 10.8. The van der Waals surface area contributed by atoms with E-state index in [1.165, 1.54) is 31.4 Å². The molecule has 0 aliphatic carbocycles. The molecule has 0 radical (unpaired) electrons. The second-order valence-corrected chi connectivity index (χ2v) is 9.78. The number of hydrogen-bond donors (Lipinski definition) is 2. The van der Waals surface area contributed by atoms with Crippen molar-refractivity contribution in [3.05, 3.63) is 95.7 Å². The van der Waals surface area contributed by atoms with Crippen molar-refractivity contribution in [2.24, 2.45) is 4.99 Å². The van der Waals surface area contributed by atoms with Crippen LogP contribution in [-0.2, 0) is 0 Å². The quantitative estimate of drug-likeness (QED) is 0.205. The summed E-state index contributed by atoms with van der Waals surface area (Å²) >= 11 is 0.